The van der Waals surface area contributed by atoms with Gasteiger partial charge in [-0.1, -0.05) is 12.1 Å². The van der Waals surface area contributed by atoms with Crippen LogP contribution in [0.5, 0.6) is 11.5 Å². The fourth-order valence-corrected chi connectivity index (χ4v) is 3.13. The number of methoxy groups -OCH3 is 1. The number of aryl methyl sites for hydroxylation is 1. The summed E-state index contributed by atoms with van der Waals surface area (Å²) in [5.74, 6) is 2.05. The molecule has 0 aliphatic carbocycles. The van der Waals surface area contributed by atoms with Crippen LogP contribution in [-0.2, 0) is 0 Å². The van der Waals surface area contributed by atoms with Crippen molar-refractivity contribution in [2.24, 2.45) is 0 Å². The summed E-state index contributed by atoms with van der Waals surface area (Å²) in [6.45, 7) is 4.43. The number of H-pyrrole nitrogens is 1. The van der Waals surface area contributed by atoms with E-state index in [1.807, 2.05) is 56.3 Å². The second-order valence-electron chi connectivity index (χ2n) is 6.58. The molecular weight excluding hydrogens is 382 g/mol. The van der Waals surface area contributed by atoms with Gasteiger partial charge in [0.05, 0.1) is 30.6 Å². The summed E-state index contributed by atoms with van der Waals surface area (Å²) in [7, 11) is 1.59. The van der Waals surface area contributed by atoms with Crippen molar-refractivity contribution < 1.29 is 9.47 Å². The van der Waals surface area contributed by atoms with Crippen LogP contribution >= 0.6 is 0 Å². The minimum Gasteiger partial charge on any atom is -0.497 e. The highest BCUT2D eigenvalue weighted by Crippen LogP contribution is 2.25. The van der Waals surface area contributed by atoms with Crippen LogP contribution in [0.15, 0.2) is 53.3 Å². The van der Waals surface area contributed by atoms with Gasteiger partial charge in [-0.3, -0.25) is 15.1 Å². The molecule has 0 aliphatic heterocycles. The number of benzene rings is 2. The monoisotopic (exact) mass is 403 g/mol. The van der Waals surface area contributed by atoms with E-state index in [0.717, 1.165) is 27.9 Å². The number of hydrogen-bond donors (Lipinski definition) is 2. The molecule has 30 heavy (non-hydrogen) atoms. The zero-order valence-electron chi connectivity index (χ0n) is 16.9. The van der Waals surface area contributed by atoms with Crippen molar-refractivity contribution in [3.8, 4) is 22.8 Å². The fourth-order valence-electron chi connectivity index (χ4n) is 3.13. The third-order valence-electron chi connectivity index (χ3n) is 4.51. The number of hydrogen-bond acceptors (Lipinski definition) is 7. The van der Waals surface area contributed by atoms with Gasteiger partial charge in [-0.15, -0.1) is 0 Å². The molecule has 2 aromatic heterocycles. The van der Waals surface area contributed by atoms with Gasteiger partial charge in [-0.05, 0) is 44.2 Å². The van der Waals surface area contributed by atoms with Crippen LogP contribution < -0.4 is 20.3 Å². The maximum absolute atomic E-state index is 12.2. The molecule has 2 heterocycles. The Morgan fingerprint density at radius 1 is 1.03 bits per heavy atom. The third-order valence-corrected chi connectivity index (χ3v) is 4.51. The minimum atomic E-state index is -0.288. The lowest BCUT2D eigenvalue weighted by Gasteiger charge is -2.10. The van der Waals surface area contributed by atoms with Crippen LogP contribution in [0.1, 0.15) is 12.6 Å². The number of rotatable bonds is 6. The Labute approximate surface area is 173 Å². The zero-order chi connectivity index (χ0) is 21.1. The summed E-state index contributed by atoms with van der Waals surface area (Å²) >= 11 is 0. The Hall–Kier alpha value is -3.94. The van der Waals surface area contributed by atoms with Crippen molar-refractivity contribution in [1.82, 2.24) is 19.9 Å². The Morgan fingerprint density at radius 3 is 2.70 bits per heavy atom. The SMILES string of the molecule is CCOc1ccc2nc(Nc3nc(-c4cccc(OC)c4)cc(=O)[nH]3)nc(C)c2c1. The molecule has 8 nitrogen and oxygen atoms in total. The van der Waals surface area contributed by atoms with E-state index in [-0.39, 0.29) is 11.5 Å². The number of ether oxygens (including phenoxy) is 2. The summed E-state index contributed by atoms with van der Waals surface area (Å²) < 4.78 is 10.8. The predicted octanol–water partition coefficient (Wildman–Crippen LogP) is 3.84. The molecule has 8 heteroatoms. The van der Waals surface area contributed by atoms with Crippen LogP contribution in [-0.4, -0.2) is 33.7 Å². The summed E-state index contributed by atoms with van der Waals surface area (Å²) in [5.41, 5.74) is 2.54. The lowest BCUT2D eigenvalue weighted by Crippen LogP contribution is -2.12. The van der Waals surface area contributed by atoms with E-state index in [9.17, 15) is 4.79 Å². The topological polar surface area (TPSA) is 102 Å². The van der Waals surface area contributed by atoms with Gasteiger partial charge in [0.1, 0.15) is 11.5 Å². The molecule has 0 saturated heterocycles. The van der Waals surface area contributed by atoms with Crippen LogP contribution in [0.25, 0.3) is 22.2 Å². The number of fused-ring (bicyclic) bond motifs is 1. The van der Waals surface area contributed by atoms with Crippen molar-refractivity contribution in [3.05, 3.63) is 64.6 Å². The average Bonchev–Trinajstić information content (AvgIpc) is 2.74. The first kappa shape index (κ1) is 19.4. The Balaban J connectivity index is 1.68. The lowest BCUT2D eigenvalue weighted by atomic mass is 10.1. The highest BCUT2D eigenvalue weighted by molar-refractivity contribution is 5.83. The Bertz CT molecular complexity index is 1270. The molecule has 0 amide bonds. The largest absolute Gasteiger partial charge is 0.497 e. The van der Waals surface area contributed by atoms with E-state index >= 15 is 0 Å². The predicted molar refractivity (Wildman–Crippen MR) is 116 cm³/mol. The standard InChI is InChI=1S/C22H21N5O3/c1-4-30-16-8-9-18-17(11-16)13(2)23-21(24-18)27-22-25-19(12-20(28)26-22)14-6-5-7-15(10-14)29-3/h5-12H,4H2,1-3H3,(H2,23,24,25,26,27,28). The third kappa shape index (κ3) is 4.07. The zero-order valence-corrected chi connectivity index (χ0v) is 16.9. The molecule has 0 saturated carbocycles. The second kappa shape index (κ2) is 8.20. The first-order valence-electron chi connectivity index (χ1n) is 9.49. The summed E-state index contributed by atoms with van der Waals surface area (Å²) in [6, 6.07) is 14.5. The summed E-state index contributed by atoms with van der Waals surface area (Å²) in [6.07, 6.45) is 0. The van der Waals surface area contributed by atoms with Crippen LogP contribution in [0.4, 0.5) is 11.9 Å². The van der Waals surface area contributed by atoms with Crippen molar-refractivity contribution in [2.75, 3.05) is 19.0 Å². The molecule has 2 N–H and O–H groups in total. The van der Waals surface area contributed by atoms with Gasteiger partial charge in [0.25, 0.3) is 5.56 Å². The molecule has 0 atom stereocenters. The molecule has 152 valence electrons. The highest BCUT2D eigenvalue weighted by atomic mass is 16.5. The van der Waals surface area contributed by atoms with E-state index in [0.29, 0.717) is 24.0 Å². The van der Waals surface area contributed by atoms with E-state index in [4.69, 9.17) is 9.47 Å². The van der Waals surface area contributed by atoms with Gasteiger partial charge in [-0.2, -0.15) is 0 Å². The summed E-state index contributed by atoms with van der Waals surface area (Å²) in [4.78, 5) is 28.4. The number of anilines is 2. The average molecular weight is 403 g/mol. The lowest BCUT2D eigenvalue weighted by molar-refractivity contribution is 0.340. The molecule has 4 rings (SSSR count). The van der Waals surface area contributed by atoms with Gasteiger partial charge >= 0.3 is 0 Å². The maximum atomic E-state index is 12.2. The van der Waals surface area contributed by atoms with Crippen molar-refractivity contribution in [1.29, 1.82) is 0 Å². The smallest absolute Gasteiger partial charge is 0.252 e. The van der Waals surface area contributed by atoms with E-state index < -0.39 is 0 Å². The Kier molecular flexibility index (Phi) is 5.30. The number of nitrogens with one attached hydrogen (secondary N) is 2. The minimum absolute atomic E-state index is 0.255. The summed E-state index contributed by atoms with van der Waals surface area (Å²) in [5, 5.41) is 3.91. The van der Waals surface area contributed by atoms with Crippen molar-refractivity contribution in [2.45, 2.75) is 13.8 Å². The van der Waals surface area contributed by atoms with E-state index in [1.165, 1.54) is 6.07 Å². The molecular formula is C22H21N5O3. The van der Waals surface area contributed by atoms with Crippen molar-refractivity contribution in [3.63, 3.8) is 0 Å². The first-order valence-corrected chi connectivity index (χ1v) is 9.49. The Morgan fingerprint density at radius 2 is 1.90 bits per heavy atom. The van der Waals surface area contributed by atoms with Gasteiger partial charge in [0.2, 0.25) is 11.9 Å². The molecule has 0 bridgehead atoms. The van der Waals surface area contributed by atoms with E-state index in [1.54, 1.807) is 7.11 Å². The molecule has 4 aromatic rings. The number of aromatic amines is 1. The molecule has 0 fully saturated rings. The van der Waals surface area contributed by atoms with Gasteiger partial charge in [0, 0.05) is 17.0 Å². The second-order valence-corrected chi connectivity index (χ2v) is 6.58. The quantitative estimate of drug-likeness (QED) is 0.504. The fraction of sp³-hybridized carbons (Fsp3) is 0.182. The molecule has 0 spiro atoms. The number of nitrogens with zero attached hydrogens (tertiary/aromatic N) is 3. The van der Waals surface area contributed by atoms with Crippen molar-refractivity contribution >= 4 is 22.8 Å². The van der Waals surface area contributed by atoms with Crippen LogP contribution in [0.3, 0.4) is 0 Å². The van der Waals surface area contributed by atoms with Crippen LogP contribution in [0.2, 0.25) is 0 Å². The maximum Gasteiger partial charge on any atom is 0.252 e. The van der Waals surface area contributed by atoms with Crippen LogP contribution in [0, 0.1) is 6.92 Å². The molecule has 0 unspecified atom stereocenters. The highest BCUT2D eigenvalue weighted by Gasteiger charge is 2.10. The normalized spacial score (nSPS) is 10.8. The van der Waals surface area contributed by atoms with Gasteiger partial charge in [-0.25, -0.2) is 15.0 Å². The molecule has 0 aliphatic rings. The first-order chi connectivity index (χ1) is 14.6. The molecule has 0 radical (unpaired) electrons. The molecule has 2 aromatic carbocycles. The van der Waals surface area contributed by atoms with Gasteiger partial charge in [0.15, 0.2) is 0 Å². The van der Waals surface area contributed by atoms with E-state index in [2.05, 4.69) is 25.3 Å². The van der Waals surface area contributed by atoms with Gasteiger partial charge < -0.3 is 9.47 Å². The number of aromatic nitrogens is 4.